The molecule has 0 aliphatic carbocycles. The van der Waals surface area contributed by atoms with Gasteiger partial charge in [0.25, 0.3) is 11.6 Å². The molecule has 0 unspecified atom stereocenters. The number of amides is 1. The number of rotatable bonds is 5. The standard InChI is InChI=1S/C17H14ClN5O3/c1-22-16(14-4-2-3-7-19-14)9-12(21-22)10-20-17(24)13-8-11(18)5-6-15(13)23(25)26/h2-9H,10H2,1H3,(H,20,24). The van der Waals surface area contributed by atoms with Crippen molar-refractivity contribution in [1.29, 1.82) is 0 Å². The highest BCUT2D eigenvalue weighted by molar-refractivity contribution is 6.31. The average Bonchev–Trinajstić information content (AvgIpc) is 3.01. The van der Waals surface area contributed by atoms with Gasteiger partial charge < -0.3 is 5.32 Å². The molecule has 3 rings (SSSR count). The molecular weight excluding hydrogens is 358 g/mol. The SMILES string of the molecule is Cn1nc(CNC(=O)c2cc(Cl)ccc2[N+](=O)[O-])cc1-c1ccccn1. The highest BCUT2D eigenvalue weighted by atomic mass is 35.5. The number of pyridine rings is 1. The Bertz CT molecular complexity index is 972. The molecule has 3 aromatic rings. The molecule has 8 nitrogen and oxygen atoms in total. The molecule has 0 saturated carbocycles. The first-order chi connectivity index (χ1) is 12.5. The van der Waals surface area contributed by atoms with E-state index < -0.39 is 10.8 Å². The maximum Gasteiger partial charge on any atom is 0.282 e. The predicted octanol–water partition coefficient (Wildman–Crippen LogP) is 2.97. The fourth-order valence-electron chi connectivity index (χ4n) is 2.48. The van der Waals surface area contributed by atoms with E-state index in [0.29, 0.717) is 5.69 Å². The monoisotopic (exact) mass is 371 g/mol. The number of nitrogens with one attached hydrogen (secondary N) is 1. The molecule has 9 heteroatoms. The van der Waals surface area contributed by atoms with Gasteiger partial charge in [0.2, 0.25) is 0 Å². The van der Waals surface area contributed by atoms with Gasteiger partial charge >= 0.3 is 0 Å². The third kappa shape index (κ3) is 3.70. The quantitative estimate of drug-likeness (QED) is 0.548. The number of benzene rings is 1. The summed E-state index contributed by atoms with van der Waals surface area (Å²) in [4.78, 5) is 27.1. The number of nitro benzene ring substituents is 1. The van der Waals surface area contributed by atoms with Crippen molar-refractivity contribution in [3.63, 3.8) is 0 Å². The van der Waals surface area contributed by atoms with E-state index in [1.165, 1.54) is 18.2 Å². The summed E-state index contributed by atoms with van der Waals surface area (Å²) in [6.45, 7) is 0.114. The first-order valence-electron chi connectivity index (χ1n) is 7.62. The lowest BCUT2D eigenvalue weighted by Gasteiger charge is -2.04. The minimum absolute atomic E-state index is 0.0941. The molecule has 1 aromatic carbocycles. The molecule has 1 N–H and O–H groups in total. The van der Waals surface area contributed by atoms with E-state index in [4.69, 9.17) is 11.6 Å². The molecule has 0 spiro atoms. The van der Waals surface area contributed by atoms with Crippen molar-refractivity contribution >= 4 is 23.2 Å². The maximum atomic E-state index is 12.3. The molecule has 0 aliphatic rings. The lowest BCUT2D eigenvalue weighted by atomic mass is 10.1. The van der Waals surface area contributed by atoms with Crippen molar-refractivity contribution in [3.05, 3.63) is 75.1 Å². The number of halogens is 1. The third-order valence-electron chi connectivity index (χ3n) is 3.69. The van der Waals surface area contributed by atoms with Gasteiger partial charge in [0.1, 0.15) is 5.56 Å². The molecule has 2 heterocycles. The number of aryl methyl sites for hydroxylation is 1. The Morgan fingerprint density at radius 2 is 2.12 bits per heavy atom. The highest BCUT2D eigenvalue weighted by Gasteiger charge is 2.20. The van der Waals surface area contributed by atoms with Crippen molar-refractivity contribution in [2.45, 2.75) is 6.54 Å². The third-order valence-corrected chi connectivity index (χ3v) is 3.92. The Kier molecular flexibility index (Phi) is 4.94. The van der Waals surface area contributed by atoms with Gasteiger partial charge in [-0.05, 0) is 30.3 Å². The Morgan fingerprint density at radius 3 is 2.81 bits per heavy atom. The second kappa shape index (κ2) is 7.32. The summed E-state index contributed by atoms with van der Waals surface area (Å²) in [6, 6.07) is 11.2. The van der Waals surface area contributed by atoms with Crippen LogP contribution in [0, 0.1) is 10.1 Å². The first kappa shape index (κ1) is 17.6. The molecule has 0 saturated heterocycles. The molecule has 132 valence electrons. The predicted molar refractivity (Wildman–Crippen MR) is 95.7 cm³/mol. The topological polar surface area (TPSA) is 103 Å². The van der Waals surface area contributed by atoms with E-state index >= 15 is 0 Å². The summed E-state index contributed by atoms with van der Waals surface area (Å²) >= 11 is 5.85. The number of hydrogen-bond acceptors (Lipinski definition) is 5. The maximum absolute atomic E-state index is 12.3. The number of nitrogens with zero attached hydrogens (tertiary/aromatic N) is 4. The van der Waals surface area contributed by atoms with E-state index in [9.17, 15) is 14.9 Å². The van der Waals surface area contributed by atoms with Crippen LogP contribution in [0.3, 0.4) is 0 Å². The second-order valence-corrected chi connectivity index (χ2v) is 5.90. The van der Waals surface area contributed by atoms with Gasteiger partial charge in [-0.25, -0.2) is 0 Å². The molecule has 0 fully saturated rings. The lowest BCUT2D eigenvalue weighted by molar-refractivity contribution is -0.385. The molecule has 2 aromatic heterocycles. The number of hydrogen-bond donors (Lipinski definition) is 1. The fraction of sp³-hybridized carbons (Fsp3) is 0.118. The number of carbonyl (C=O) groups excluding carboxylic acids is 1. The molecule has 0 aliphatic heterocycles. The molecule has 1 amide bonds. The van der Waals surface area contributed by atoms with E-state index in [1.807, 2.05) is 18.2 Å². The Morgan fingerprint density at radius 1 is 1.31 bits per heavy atom. The Balaban J connectivity index is 1.77. The minimum atomic E-state index is -0.620. The highest BCUT2D eigenvalue weighted by Crippen LogP contribution is 2.23. The summed E-state index contributed by atoms with van der Waals surface area (Å²) in [5.41, 5.74) is 1.76. The first-order valence-corrected chi connectivity index (χ1v) is 8.00. The molecule has 0 atom stereocenters. The zero-order chi connectivity index (χ0) is 18.7. The zero-order valence-corrected chi connectivity index (χ0v) is 14.5. The van der Waals surface area contributed by atoms with Crippen LogP contribution in [0.1, 0.15) is 16.1 Å². The number of carbonyl (C=O) groups is 1. The van der Waals surface area contributed by atoms with Gasteiger partial charge in [-0.1, -0.05) is 17.7 Å². The summed E-state index contributed by atoms with van der Waals surface area (Å²) in [5, 5.41) is 18.3. The van der Waals surface area contributed by atoms with Crippen LogP contribution >= 0.6 is 11.6 Å². The summed E-state index contributed by atoms with van der Waals surface area (Å²) in [6.07, 6.45) is 1.68. The van der Waals surface area contributed by atoms with Gasteiger partial charge in [0.05, 0.1) is 28.5 Å². The van der Waals surface area contributed by atoms with Gasteiger partial charge in [0, 0.05) is 24.3 Å². The van der Waals surface area contributed by atoms with Crippen LogP contribution in [-0.2, 0) is 13.6 Å². The van der Waals surface area contributed by atoms with Crippen molar-refractivity contribution in [3.8, 4) is 11.4 Å². The van der Waals surface area contributed by atoms with E-state index in [0.717, 1.165) is 11.4 Å². The number of aromatic nitrogens is 3. The second-order valence-electron chi connectivity index (χ2n) is 5.46. The van der Waals surface area contributed by atoms with Crippen molar-refractivity contribution < 1.29 is 9.72 Å². The largest absolute Gasteiger partial charge is 0.346 e. The zero-order valence-electron chi connectivity index (χ0n) is 13.7. The van der Waals surface area contributed by atoms with Crippen LogP contribution in [0.2, 0.25) is 5.02 Å². The molecular formula is C17H14ClN5O3. The lowest BCUT2D eigenvalue weighted by Crippen LogP contribution is -2.24. The van der Waals surface area contributed by atoms with Crippen LogP contribution < -0.4 is 5.32 Å². The van der Waals surface area contributed by atoms with Crippen LogP contribution in [-0.4, -0.2) is 25.6 Å². The minimum Gasteiger partial charge on any atom is -0.346 e. The summed E-state index contributed by atoms with van der Waals surface area (Å²) < 4.78 is 1.66. The molecule has 26 heavy (non-hydrogen) atoms. The fourth-order valence-corrected chi connectivity index (χ4v) is 2.65. The van der Waals surface area contributed by atoms with E-state index in [2.05, 4.69) is 15.4 Å². The van der Waals surface area contributed by atoms with Gasteiger partial charge in [-0.15, -0.1) is 0 Å². The van der Waals surface area contributed by atoms with Crippen LogP contribution in [0.4, 0.5) is 5.69 Å². The average molecular weight is 372 g/mol. The number of nitro groups is 1. The summed E-state index contributed by atoms with van der Waals surface area (Å²) in [7, 11) is 1.77. The van der Waals surface area contributed by atoms with Gasteiger partial charge in [-0.3, -0.25) is 24.6 Å². The van der Waals surface area contributed by atoms with Crippen LogP contribution in [0.25, 0.3) is 11.4 Å². The Labute approximate surface area is 153 Å². The normalized spacial score (nSPS) is 10.5. The van der Waals surface area contributed by atoms with E-state index in [-0.39, 0.29) is 22.8 Å². The smallest absolute Gasteiger partial charge is 0.282 e. The Hall–Kier alpha value is -3.26. The van der Waals surface area contributed by atoms with Crippen LogP contribution in [0.15, 0.2) is 48.7 Å². The van der Waals surface area contributed by atoms with Crippen molar-refractivity contribution in [2.75, 3.05) is 0 Å². The van der Waals surface area contributed by atoms with Crippen LogP contribution in [0.5, 0.6) is 0 Å². The van der Waals surface area contributed by atoms with Gasteiger partial charge in [-0.2, -0.15) is 5.10 Å². The summed E-state index contributed by atoms with van der Waals surface area (Å²) in [5.74, 6) is -0.593. The molecule has 0 radical (unpaired) electrons. The van der Waals surface area contributed by atoms with Gasteiger partial charge in [0.15, 0.2) is 0 Å². The van der Waals surface area contributed by atoms with Crippen molar-refractivity contribution in [2.24, 2.45) is 7.05 Å². The van der Waals surface area contributed by atoms with Crippen molar-refractivity contribution in [1.82, 2.24) is 20.1 Å². The van der Waals surface area contributed by atoms with E-state index in [1.54, 1.807) is 24.0 Å². The molecule has 0 bridgehead atoms.